The summed E-state index contributed by atoms with van der Waals surface area (Å²) in [5.74, 6) is -0.427. The molecule has 0 spiro atoms. The third-order valence-corrected chi connectivity index (χ3v) is 2.64. The van der Waals surface area contributed by atoms with Crippen LogP contribution in [-0.2, 0) is 0 Å². The van der Waals surface area contributed by atoms with Gasteiger partial charge in [-0.3, -0.25) is 0 Å². The van der Waals surface area contributed by atoms with Gasteiger partial charge in [0.1, 0.15) is 5.82 Å². The van der Waals surface area contributed by atoms with Crippen LogP contribution in [0.1, 0.15) is 16.7 Å². The van der Waals surface area contributed by atoms with Gasteiger partial charge in [0, 0.05) is 5.56 Å². The van der Waals surface area contributed by atoms with E-state index >= 15 is 0 Å². The molecule has 3 heteroatoms. The maximum Gasteiger partial charge on any atom is 0.131 e. The van der Waals surface area contributed by atoms with Crippen molar-refractivity contribution >= 4 is 11.6 Å². The lowest BCUT2D eigenvalue weighted by molar-refractivity contribution is 0.624. The van der Waals surface area contributed by atoms with E-state index in [4.69, 9.17) is 10.5 Å². The summed E-state index contributed by atoms with van der Waals surface area (Å²) in [5.41, 5.74) is 1.82. The van der Waals surface area contributed by atoms with E-state index < -0.39 is 5.82 Å². The fraction of sp³-hybridized carbons (Fsp3) is 0. The molecule has 0 aliphatic rings. The number of halogens is 1. The van der Waals surface area contributed by atoms with E-state index in [-0.39, 0.29) is 11.1 Å². The predicted molar refractivity (Wildman–Crippen MR) is 71.0 cm³/mol. The van der Waals surface area contributed by atoms with Crippen molar-refractivity contribution in [2.75, 3.05) is 0 Å². The van der Waals surface area contributed by atoms with Crippen LogP contribution < -0.4 is 0 Å². The summed E-state index contributed by atoms with van der Waals surface area (Å²) in [6.45, 7) is 0. The van der Waals surface area contributed by atoms with Crippen molar-refractivity contribution in [2.45, 2.75) is 0 Å². The lowest BCUT2D eigenvalue weighted by Gasteiger charge is -2.01. The summed E-state index contributed by atoms with van der Waals surface area (Å²) in [7, 11) is 0. The number of nitrogens with zero attached hydrogens (tertiary/aromatic N) is 2. The van der Waals surface area contributed by atoms with Gasteiger partial charge in [-0.1, -0.05) is 30.3 Å². The average molecular weight is 248 g/mol. The fourth-order valence-corrected chi connectivity index (χ4v) is 1.67. The first-order valence-electron chi connectivity index (χ1n) is 5.61. The lowest BCUT2D eigenvalue weighted by Crippen LogP contribution is -1.87. The molecule has 0 unspecified atom stereocenters. The molecule has 0 atom stereocenters. The van der Waals surface area contributed by atoms with Gasteiger partial charge >= 0.3 is 0 Å². The quantitative estimate of drug-likeness (QED) is 0.600. The molecule has 2 aromatic carbocycles. The highest BCUT2D eigenvalue weighted by Gasteiger charge is 2.06. The second kappa shape index (κ2) is 5.62. The van der Waals surface area contributed by atoms with Gasteiger partial charge in [0.25, 0.3) is 0 Å². The van der Waals surface area contributed by atoms with E-state index in [0.29, 0.717) is 5.56 Å². The number of benzene rings is 2. The maximum absolute atomic E-state index is 13.6. The molecule has 19 heavy (non-hydrogen) atoms. The van der Waals surface area contributed by atoms with Crippen LogP contribution in [0.25, 0.3) is 11.6 Å². The first kappa shape index (κ1) is 12.5. The van der Waals surface area contributed by atoms with Gasteiger partial charge in [0.2, 0.25) is 0 Å². The molecule has 2 rings (SSSR count). The number of hydrogen-bond acceptors (Lipinski definition) is 2. The summed E-state index contributed by atoms with van der Waals surface area (Å²) in [6.07, 6.45) is 1.60. The summed E-state index contributed by atoms with van der Waals surface area (Å²) in [5, 5.41) is 17.8. The van der Waals surface area contributed by atoms with Crippen molar-refractivity contribution in [3.63, 3.8) is 0 Å². The topological polar surface area (TPSA) is 47.6 Å². The maximum atomic E-state index is 13.6. The zero-order chi connectivity index (χ0) is 13.7. The largest absolute Gasteiger partial charge is 0.206 e. The second-order valence-corrected chi connectivity index (χ2v) is 3.88. The van der Waals surface area contributed by atoms with Gasteiger partial charge in [0.15, 0.2) is 0 Å². The summed E-state index contributed by atoms with van der Waals surface area (Å²) in [4.78, 5) is 0. The molecule has 90 valence electrons. The minimum atomic E-state index is -0.427. The minimum absolute atomic E-state index is 0.253. The fourth-order valence-electron chi connectivity index (χ4n) is 1.67. The summed E-state index contributed by atoms with van der Waals surface area (Å²) < 4.78 is 13.6. The molecule has 0 saturated heterocycles. The zero-order valence-corrected chi connectivity index (χ0v) is 9.97. The Labute approximate surface area is 110 Å². The van der Waals surface area contributed by atoms with Crippen LogP contribution in [0.15, 0.2) is 48.5 Å². The molecule has 0 N–H and O–H groups in total. The Morgan fingerprint density at radius 2 is 1.68 bits per heavy atom. The average Bonchev–Trinajstić information content (AvgIpc) is 2.46. The van der Waals surface area contributed by atoms with Crippen molar-refractivity contribution in [1.82, 2.24) is 0 Å². The number of nitriles is 2. The summed E-state index contributed by atoms with van der Waals surface area (Å²) >= 11 is 0. The molecule has 2 nitrogen and oxygen atoms in total. The van der Waals surface area contributed by atoms with E-state index in [2.05, 4.69) is 0 Å². The van der Waals surface area contributed by atoms with Gasteiger partial charge in [-0.15, -0.1) is 0 Å². The van der Waals surface area contributed by atoms with E-state index in [1.54, 1.807) is 48.5 Å². The summed E-state index contributed by atoms with van der Waals surface area (Å²) in [6, 6.07) is 16.9. The van der Waals surface area contributed by atoms with Crippen molar-refractivity contribution in [3.8, 4) is 12.1 Å². The second-order valence-electron chi connectivity index (χ2n) is 3.88. The van der Waals surface area contributed by atoms with E-state index in [9.17, 15) is 4.39 Å². The molecule has 0 bridgehead atoms. The van der Waals surface area contributed by atoms with Gasteiger partial charge in [0.05, 0.1) is 23.3 Å². The van der Waals surface area contributed by atoms with E-state index in [1.165, 1.54) is 6.07 Å². The van der Waals surface area contributed by atoms with Crippen LogP contribution in [0.5, 0.6) is 0 Å². The Hall–Kier alpha value is -2.91. The number of rotatable bonds is 2. The van der Waals surface area contributed by atoms with Crippen molar-refractivity contribution < 1.29 is 4.39 Å². The molecule has 0 amide bonds. The monoisotopic (exact) mass is 248 g/mol. The molecule has 0 aliphatic carbocycles. The van der Waals surface area contributed by atoms with Gasteiger partial charge in [-0.2, -0.15) is 10.5 Å². The van der Waals surface area contributed by atoms with Crippen molar-refractivity contribution in [3.05, 3.63) is 71.0 Å². The van der Waals surface area contributed by atoms with Crippen molar-refractivity contribution in [2.24, 2.45) is 0 Å². The molecule has 0 saturated carbocycles. The predicted octanol–water partition coefficient (Wildman–Crippen LogP) is 3.76. The van der Waals surface area contributed by atoms with Gasteiger partial charge < -0.3 is 0 Å². The Morgan fingerprint density at radius 1 is 1.00 bits per heavy atom. The van der Waals surface area contributed by atoms with E-state index in [0.717, 1.165) is 5.56 Å². The van der Waals surface area contributed by atoms with Gasteiger partial charge in [-0.05, 0) is 29.8 Å². The minimum Gasteiger partial charge on any atom is -0.206 e. The van der Waals surface area contributed by atoms with E-state index in [1.807, 2.05) is 12.1 Å². The molecule has 0 radical (unpaired) electrons. The Morgan fingerprint density at radius 3 is 2.26 bits per heavy atom. The Balaban J connectivity index is 2.42. The third kappa shape index (κ3) is 2.86. The van der Waals surface area contributed by atoms with Crippen LogP contribution in [0, 0.1) is 28.5 Å². The Bertz CT molecular complexity index is 701. The zero-order valence-electron chi connectivity index (χ0n) is 9.97. The first-order chi connectivity index (χ1) is 9.24. The SMILES string of the molecule is N#C/C(=C/c1ccc(C#N)cc1)c1ccccc1F. The lowest BCUT2D eigenvalue weighted by atomic mass is 10.0. The van der Waals surface area contributed by atoms with Crippen LogP contribution in [0.2, 0.25) is 0 Å². The molecule has 0 aliphatic heterocycles. The van der Waals surface area contributed by atoms with Crippen LogP contribution in [0.4, 0.5) is 4.39 Å². The van der Waals surface area contributed by atoms with Gasteiger partial charge in [-0.25, -0.2) is 4.39 Å². The number of allylic oxidation sites excluding steroid dienone is 1. The molecule has 2 aromatic rings. The normalized spacial score (nSPS) is 10.6. The first-order valence-corrected chi connectivity index (χ1v) is 5.61. The van der Waals surface area contributed by atoms with Crippen LogP contribution >= 0.6 is 0 Å². The highest BCUT2D eigenvalue weighted by molar-refractivity contribution is 5.89. The molecule has 0 heterocycles. The smallest absolute Gasteiger partial charge is 0.131 e. The van der Waals surface area contributed by atoms with Crippen LogP contribution in [0.3, 0.4) is 0 Å². The molecule has 0 aromatic heterocycles. The Kier molecular flexibility index (Phi) is 3.71. The van der Waals surface area contributed by atoms with Crippen molar-refractivity contribution in [1.29, 1.82) is 10.5 Å². The molecular formula is C16H9FN2. The molecular weight excluding hydrogens is 239 g/mol. The highest BCUT2D eigenvalue weighted by atomic mass is 19.1. The molecule has 0 fully saturated rings. The standard InChI is InChI=1S/C16H9FN2/c17-16-4-2-1-3-15(16)14(11-19)9-12-5-7-13(10-18)8-6-12/h1-9H/b14-9-. The highest BCUT2D eigenvalue weighted by Crippen LogP contribution is 2.20. The van der Waals surface area contributed by atoms with Crippen LogP contribution in [-0.4, -0.2) is 0 Å². The number of hydrogen-bond donors (Lipinski definition) is 0. The third-order valence-electron chi connectivity index (χ3n) is 2.64.